The minimum Gasteiger partial charge on any atom is -0.449 e. The summed E-state index contributed by atoms with van der Waals surface area (Å²) in [6, 6.07) is 3.77. The number of anilines is 1. The van der Waals surface area contributed by atoms with Crippen LogP contribution in [0.2, 0.25) is 4.47 Å². The molecule has 134 valence electrons. The van der Waals surface area contributed by atoms with Gasteiger partial charge in [0.2, 0.25) is 0 Å². The van der Waals surface area contributed by atoms with Crippen molar-refractivity contribution in [1.29, 1.82) is 0 Å². The molecule has 0 aliphatic heterocycles. The summed E-state index contributed by atoms with van der Waals surface area (Å²) in [5.41, 5.74) is 7.46. The summed E-state index contributed by atoms with van der Waals surface area (Å²) in [5, 5.41) is 3.23. The van der Waals surface area contributed by atoms with Gasteiger partial charge in [-0.2, -0.15) is 0 Å². The van der Waals surface area contributed by atoms with E-state index in [1.54, 1.807) is 13.1 Å². The molecule has 2 rings (SSSR count). The van der Waals surface area contributed by atoms with E-state index in [0.29, 0.717) is 22.3 Å². The number of rotatable bonds is 5. The molecule has 0 spiro atoms. The summed E-state index contributed by atoms with van der Waals surface area (Å²) in [7, 11) is 0. The number of hydrogen-bond acceptors (Lipinski definition) is 6. The lowest BCUT2D eigenvalue weighted by molar-refractivity contribution is 0.0913. The molecule has 0 saturated heterocycles. The SMILES string of the molecule is CCOC(=O)NNC(=O)c1c(C)cc(C)cc1NCc1cnc(Cl)s1. The molecular formula is C16H19ClN4O3S. The van der Waals surface area contributed by atoms with E-state index in [9.17, 15) is 9.59 Å². The highest BCUT2D eigenvalue weighted by atomic mass is 35.5. The van der Waals surface area contributed by atoms with Gasteiger partial charge >= 0.3 is 6.09 Å². The summed E-state index contributed by atoms with van der Waals surface area (Å²) >= 11 is 7.20. The fourth-order valence-electron chi connectivity index (χ4n) is 2.29. The molecule has 0 fully saturated rings. The Morgan fingerprint density at radius 2 is 2.04 bits per heavy atom. The Labute approximate surface area is 154 Å². The number of hydrazine groups is 1. The fraction of sp³-hybridized carbons (Fsp3) is 0.312. The van der Waals surface area contributed by atoms with Crippen LogP contribution in [0, 0.1) is 13.8 Å². The van der Waals surface area contributed by atoms with Crippen LogP contribution in [0.4, 0.5) is 10.5 Å². The van der Waals surface area contributed by atoms with Crippen molar-refractivity contribution in [3.05, 3.63) is 44.4 Å². The number of amides is 2. The van der Waals surface area contributed by atoms with Crippen molar-refractivity contribution in [2.24, 2.45) is 0 Å². The van der Waals surface area contributed by atoms with Crippen LogP contribution in [-0.2, 0) is 11.3 Å². The average Bonchev–Trinajstić information content (AvgIpc) is 2.96. The predicted molar refractivity (Wildman–Crippen MR) is 98.0 cm³/mol. The monoisotopic (exact) mass is 382 g/mol. The van der Waals surface area contributed by atoms with Crippen LogP contribution in [-0.4, -0.2) is 23.6 Å². The molecule has 25 heavy (non-hydrogen) atoms. The Morgan fingerprint density at radius 3 is 2.68 bits per heavy atom. The van der Waals surface area contributed by atoms with Crippen LogP contribution in [0.25, 0.3) is 0 Å². The molecule has 1 aromatic heterocycles. The molecule has 0 aliphatic carbocycles. The van der Waals surface area contributed by atoms with E-state index in [0.717, 1.165) is 16.0 Å². The van der Waals surface area contributed by atoms with Crippen LogP contribution >= 0.6 is 22.9 Å². The molecule has 0 unspecified atom stereocenters. The third-order valence-electron chi connectivity index (χ3n) is 3.24. The van der Waals surface area contributed by atoms with Crippen molar-refractivity contribution in [2.45, 2.75) is 27.3 Å². The molecule has 0 bridgehead atoms. The minimum atomic E-state index is -0.713. The quantitative estimate of drug-likeness (QED) is 0.689. The molecule has 1 heterocycles. The molecule has 0 aliphatic rings. The van der Waals surface area contributed by atoms with Crippen molar-refractivity contribution >= 4 is 40.6 Å². The second-order valence-electron chi connectivity index (χ2n) is 5.24. The van der Waals surface area contributed by atoms with Gasteiger partial charge in [-0.3, -0.25) is 10.2 Å². The van der Waals surface area contributed by atoms with Crippen LogP contribution in [0.1, 0.15) is 33.3 Å². The highest BCUT2D eigenvalue weighted by molar-refractivity contribution is 7.15. The number of ether oxygens (including phenoxy) is 1. The van der Waals surface area contributed by atoms with Gasteiger partial charge in [0.1, 0.15) is 0 Å². The maximum atomic E-state index is 12.5. The second-order valence-corrected chi connectivity index (χ2v) is 6.93. The Hall–Kier alpha value is -2.32. The van der Waals surface area contributed by atoms with Crippen molar-refractivity contribution in [2.75, 3.05) is 11.9 Å². The summed E-state index contributed by atoms with van der Waals surface area (Å²) in [4.78, 5) is 28.7. The minimum absolute atomic E-state index is 0.218. The van der Waals surface area contributed by atoms with E-state index in [2.05, 4.69) is 21.2 Å². The zero-order valence-corrected chi connectivity index (χ0v) is 15.7. The Kier molecular flexibility index (Phi) is 6.60. The first-order chi connectivity index (χ1) is 11.9. The van der Waals surface area contributed by atoms with E-state index >= 15 is 0 Å². The number of carbonyl (C=O) groups excluding carboxylic acids is 2. The highest BCUT2D eigenvalue weighted by Gasteiger charge is 2.16. The highest BCUT2D eigenvalue weighted by Crippen LogP contribution is 2.24. The second kappa shape index (κ2) is 8.68. The van der Waals surface area contributed by atoms with Gasteiger partial charge in [-0.05, 0) is 38.0 Å². The van der Waals surface area contributed by atoms with Crippen LogP contribution in [0.5, 0.6) is 0 Å². The Bertz CT molecular complexity index is 779. The van der Waals surface area contributed by atoms with E-state index in [1.165, 1.54) is 11.3 Å². The predicted octanol–water partition coefficient (Wildman–Crippen LogP) is 3.42. The lowest BCUT2D eigenvalue weighted by atomic mass is 10.0. The maximum absolute atomic E-state index is 12.5. The molecule has 0 radical (unpaired) electrons. The molecule has 2 amide bonds. The summed E-state index contributed by atoms with van der Waals surface area (Å²) in [5.74, 6) is -0.435. The molecule has 2 aromatic rings. The molecule has 3 N–H and O–H groups in total. The Balaban J connectivity index is 2.15. The molecule has 9 heteroatoms. The van der Waals surface area contributed by atoms with E-state index in [1.807, 2.05) is 26.0 Å². The van der Waals surface area contributed by atoms with E-state index < -0.39 is 12.0 Å². The maximum Gasteiger partial charge on any atom is 0.426 e. The van der Waals surface area contributed by atoms with Crippen LogP contribution in [0.3, 0.4) is 0 Å². The first kappa shape index (κ1) is 19.0. The first-order valence-electron chi connectivity index (χ1n) is 7.59. The molecule has 0 saturated carbocycles. The number of nitrogens with one attached hydrogen (secondary N) is 3. The van der Waals surface area contributed by atoms with Gasteiger partial charge in [-0.15, -0.1) is 11.3 Å². The van der Waals surface area contributed by atoms with E-state index in [-0.39, 0.29) is 6.61 Å². The van der Waals surface area contributed by atoms with Gasteiger partial charge in [0.15, 0.2) is 4.47 Å². The smallest absolute Gasteiger partial charge is 0.426 e. The number of thiazole rings is 1. The summed E-state index contributed by atoms with van der Waals surface area (Å²) < 4.78 is 5.18. The zero-order valence-electron chi connectivity index (χ0n) is 14.1. The molecule has 7 nitrogen and oxygen atoms in total. The number of halogens is 1. The molecule has 0 atom stereocenters. The molecule has 1 aromatic carbocycles. The normalized spacial score (nSPS) is 10.2. The van der Waals surface area contributed by atoms with Gasteiger partial charge in [0.05, 0.1) is 18.7 Å². The zero-order chi connectivity index (χ0) is 18.4. The lowest BCUT2D eigenvalue weighted by Crippen LogP contribution is -2.42. The standard InChI is InChI=1S/C16H19ClN4O3S/c1-4-24-16(23)21-20-14(22)13-10(3)5-9(2)6-12(13)18-7-11-8-19-15(17)25-11/h5-6,8,18H,4,7H2,1-3H3,(H,20,22)(H,21,23). The fourth-order valence-corrected chi connectivity index (χ4v) is 3.21. The van der Waals surface area contributed by atoms with Gasteiger partial charge in [0.25, 0.3) is 5.91 Å². The third kappa shape index (κ3) is 5.33. The van der Waals surface area contributed by atoms with Gasteiger partial charge in [0, 0.05) is 16.8 Å². The van der Waals surface area contributed by atoms with Gasteiger partial charge < -0.3 is 10.1 Å². The van der Waals surface area contributed by atoms with Crippen molar-refractivity contribution in [3.63, 3.8) is 0 Å². The van der Waals surface area contributed by atoms with Gasteiger partial charge in [-0.1, -0.05) is 17.7 Å². The largest absolute Gasteiger partial charge is 0.449 e. The number of carbonyl (C=O) groups is 2. The topological polar surface area (TPSA) is 92.4 Å². The number of nitrogens with zero attached hydrogens (tertiary/aromatic N) is 1. The van der Waals surface area contributed by atoms with Gasteiger partial charge in [-0.25, -0.2) is 15.2 Å². The number of aryl methyl sites for hydroxylation is 2. The summed E-state index contributed by atoms with van der Waals surface area (Å²) in [6.07, 6.45) is 0.972. The van der Waals surface area contributed by atoms with Crippen molar-refractivity contribution < 1.29 is 14.3 Å². The number of aromatic nitrogens is 1. The van der Waals surface area contributed by atoms with Crippen molar-refractivity contribution in [3.8, 4) is 0 Å². The third-order valence-corrected chi connectivity index (χ3v) is 4.35. The van der Waals surface area contributed by atoms with Crippen LogP contribution < -0.4 is 16.2 Å². The van der Waals surface area contributed by atoms with Crippen molar-refractivity contribution in [1.82, 2.24) is 15.8 Å². The number of benzene rings is 1. The first-order valence-corrected chi connectivity index (χ1v) is 8.78. The van der Waals surface area contributed by atoms with Crippen LogP contribution in [0.15, 0.2) is 18.3 Å². The summed E-state index contributed by atoms with van der Waals surface area (Å²) in [6.45, 7) is 6.16. The average molecular weight is 383 g/mol. The Morgan fingerprint density at radius 1 is 1.28 bits per heavy atom. The number of hydrogen-bond donors (Lipinski definition) is 3. The lowest BCUT2D eigenvalue weighted by Gasteiger charge is -2.15. The molecular weight excluding hydrogens is 364 g/mol. The van der Waals surface area contributed by atoms with E-state index in [4.69, 9.17) is 16.3 Å².